The van der Waals surface area contributed by atoms with Crippen molar-refractivity contribution in [2.45, 2.75) is 44.6 Å². The smallest absolute Gasteiger partial charge is 0.322 e. The number of nitrogens with zero attached hydrogens (tertiary/aromatic N) is 3. The fraction of sp³-hybridized carbons (Fsp3) is 0.684. The number of hydrogen-bond donors (Lipinski definition) is 1. The summed E-state index contributed by atoms with van der Waals surface area (Å²) in [5.74, 6) is 1.55. The lowest BCUT2D eigenvalue weighted by atomic mass is 9.96. The number of ether oxygens (including phenoxy) is 1. The van der Waals surface area contributed by atoms with E-state index in [1.807, 2.05) is 12.1 Å². The molecule has 4 rings (SSSR count). The van der Waals surface area contributed by atoms with Crippen molar-refractivity contribution in [2.24, 2.45) is 5.92 Å². The number of pyridine rings is 1. The van der Waals surface area contributed by atoms with Crippen molar-refractivity contribution < 1.29 is 9.53 Å². The second-order valence-electron chi connectivity index (χ2n) is 7.35. The van der Waals surface area contributed by atoms with Gasteiger partial charge in [-0.2, -0.15) is 0 Å². The number of urea groups is 1. The van der Waals surface area contributed by atoms with Crippen LogP contribution in [0.25, 0.3) is 0 Å². The molecule has 136 valence electrons. The summed E-state index contributed by atoms with van der Waals surface area (Å²) in [5.41, 5.74) is 0.812. The van der Waals surface area contributed by atoms with Gasteiger partial charge < -0.3 is 19.9 Å². The van der Waals surface area contributed by atoms with Gasteiger partial charge in [0.05, 0.1) is 18.9 Å². The number of aromatic nitrogens is 1. The van der Waals surface area contributed by atoms with Crippen molar-refractivity contribution in [2.75, 3.05) is 43.1 Å². The molecule has 0 unspecified atom stereocenters. The van der Waals surface area contributed by atoms with Crippen LogP contribution >= 0.6 is 0 Å². The molecule has 1 atom stereocenters. The largest absolute Gasteiger partial charge is 0.378 e. The van der Waals surface area contributed by atoms with Crippen LogP contribution < -0.4 is 10.2 Å². The first-order chi connectivity index (χ1) is 12.3. The van der Waals surface area contributed by atoms with Gasteiger partial charge >= 0.3 is 6.03 Å². The summed E-state index contributed by atoms with van der Waals surface area (Å²) in [5, 5.41) is 3.15. The standard InChI is InChI=1S/C19H28N4O2/c24-19(23-10-4-8-17(23)15-5-1-2-6-15)21-16-7-3-9-20-18(16)22-11-13-25-14-12-22/h3,7,9,15,17H,1-2,4-6,8,10-14H2,(H,21,24)/t17-/m0/s1. The number of likely N-dealkylation sites (tertiary alicyclic amines) is 1. The fourth-order valence-electron chi connectivity index (χ4n) is 4.59. The molecule has 3 fully saturated rings. The summed E-state index contributed by atoms with van der Waals surface area (Å²) in [4.78, 5) is 21.7. The van der Waals surface area contributed by atoms with Gasteiger partial charge in [-0.25, -0.2) is 9.78 Å². The molecule has 1 N–H and O–H groups in total. The molecule has 2 amide bonds. The second kappa shape index (κ2) is 7.60. The van der Waals surface area contributed by atoms with E-state index in [0.717, 1.165) is 44.0 Å². The van der Waals surface area contributed by atoms with E-state index in [2.05, 4.69) is 20.1 Å². The van der Waals surface area contributed by atoms with E-state index < -0.39 is 0 Å². The van der Waals surface area contributed by atoms with Gasteiger partial charge in [0.2, 0.25) is 0 Å². The van der Waals surface area contributed by atoms with Crippen LogP contribution in [0.3, 0.4) is 0 Å². The number of carbonyl (C=O) groups is 1. The lowest BCUT2D eigenvalue weighted by Crippen LogP contribution is -2.42. The van der Waals surface area contributed by atoms with Gasteiger partial charge in [-0.05, 0) is 43.7 Å². The maximum atomic E-state index is 13.0. The van der Waals surface area contributed by atoms with Gasteiger partial charge in [0.15, 0.2) is 5.82 Å². The molecule has 1 aliphatic carbocycles. The summed E-state index contributed by atoms with van der Waals surface area (Å²) in [6.45, 7) is 3.92. The number of anilines is 2. The van der Waals surface area contributed by atoms with Crippen LogP contribution in [0.1, 0.15) is 38.5 Å². The SMILES string of the molecule is O=C(Nc1cccnc1N1CCOCC1)N1CCC[C@H]1C1CCCC1. The Morgan fingerprint density at radius 1 is 1.12 bits per heavy atom. The van der Waals surface area contributed by atoms with Crippen LogP contribution in [0.2, 0.25) is 0 Å². The molecule has 2 saturated heterocycles. The molecular formula is C19H28N4O2. The second-order valence-corrected chi connectivity index (χ2v) is 7.35. The van der Waals surface area contributed by atoms with Crippen LogP contribution in [0, 0.1) is 5.92 Å². The topological polar surface area (TPSA) is 57.7 Å². The Morgan fingerprint density at radius 3 is 2.72 bits per heavy atom. The predicted molar refractivity (Wildman–Crippen MR) is 98.0 cm³/mol. The van der Waals surface area contributed by atoms with E-state index in [-0.39, 0.29) is 6.03 Å². The van der Waals surface area contributed by atoms with E-state index in [4.69, 9.17) is 4.74 Å². The first-order valence-corrected chi connectivity index (χ1v) is 9.68. The van der Waals surface area contributed by atoms with Crippen LogP contribution in [0.5, 0.6) is 0 Å². The minimum atomic E-state index is 0.0388. The molecule has 6 heteroatoms. The summed E-state index contributed by atoms with van der Waals surface area (Å²) in [6.07, 6.45) is 9.26. The molecule has 3 heterocycles. The molecule has 1 saturated carbocycles. The number of hydrogen-bond acceptors (Lipinski definition) is 4. The summed E-state index contributed by atoms with van der Waals surface area (Å²) >= 11 is 0. The molecule has 0 aromatic carbocycles. The van der Waals surface area contributed by atoms with E-state index in [9.17, 15) is 4.79 Å². The Morgan fingerprint density at radius 2 is 1.92 bits per heavy atom. The monoisotopic (exact) mass is 344 g/mol. The normalized spacial score (nSPS) is 24.7. The summed E-state index contributed by atoms with van der Waals surface area (Å²) in [6, 6.07) is 4.30. The van der Waals surface area contributed by atoms with Gasteiger partial charge in [0.1, 0.15) is 0 Å². The fourth-order valence-corrected chi connectivity index (χ4v) is 4.59. The molecular weight excluding hydrogens is 316 g/mol. The lowest BCUT2D eigenvalue weighted by molar-refractivity contribution is 0.122. The predicted octanol–water partition coefficient (Wildman–Crippen LogP) is 3.10. The summed E-state index contributed by atoms with van der Waals surface area (Å²) < 4.78 is 5.43. The van der Waals surface area contributed by atoms with Crippen LogP contribution in [-0.2, 0) is 4.74 Å². The average Bonchev–Trinajstić information content (AvgIpc) is 3.34. The van der Waals surface area contributed by atoms with Gasteiger partial charge in [-0.1, -0.05) is 12.8 Å². The maximum absolute atomic E-state index is 13.0. The zero-order valence-corrected chi connectivity index (χ0v) is 14.8. The van der Waals surface area contributed by atoms with Crippen molar-refractivity contribution >= 4 is 17.5 Å². The lowest BCUT2D eigenvalue weighted by Gasteiger charge is -2.31. The number of morpholine rings is 1. The molecule has 0 bridgehead atoms. The highest BCUT2D eigenvalue weighted by Gasteiger charge is 2.36. The van der Waals surface area contributed by atoms with Gasteiger partial charge in [0.25, 0.3) is 0 Å². The van der Waals surface area contributed by atoms with Crippen LogP contribution in [0.4, 0.5) is 16.3 Å². The average molecular weight is 344 g/mol. The molecule has 2 aliphatic heterocycles. The molecule has 0 radical (unpaired) electrons. The molecule has 25 heavy (non-hydrogen) atoms. The van der Waals surface area contributed by atoms with Gasteiger partial charge in [-0.15, -0.1) is 0 Å². The zero-order valence-electron chi connectivity index (χ0n) is 14.8. The minimum Gasteiger partial charge on any atom is -0.378 e. The van der Waals surface area contributed by atoms with Crippen molar-refractivity contribution in [3.63, 3.8) is 0 Å². The van der Waals surface area contributed by atoms with Gasteiger partial charge in [0, 0.05) is 31.9 Å². The number of nitrogens with one attached hydrogen (secondary N) is 1. The maximum Gasteiger partial charge on any atom is 0.322 e. The van der Waals surface area contributed by atoms with E-state index >= 15 is 0 Å². The number of carbonyl (C=O) groups excluding carboxylic acids is 1. The van der Waals surface area contributed by atoms with Crippen molar-refractivity contribution in [1.29, 1.82) is 0 Å². The quantitative estimate of drug-likeness (QED) is 0.915. The molecule has 6 nitrogen and oxygen atoms in total. The Bertz CT molecular complexity index is 597. The third kappa shape index (κ3) is 3.59. The Labute approximate surface area is 149 Å². The zero-order chi connectivity index (χ0) is 17.1. The van der Waals surface area contributed by atoms with Crippen molar-refractivity contribution in [3.05, 3.63) is 18.3 Å². The highest BCUT2D eigenvalue weighted by molar-refractivity contribution is 5.92. The highest BCUT2D eigenvalue weighted by atomic mass is 16.5. The van der Waals surface area contributed by atoms with Gasteiger partial charge in [-0.3, -0.25) is 0 Å². The molecule has 0 spiro atoms. The third-order valence-electron chi connectivity index (χ3n) is 5.84. The third-order valence-corrected chi connectivity index (χ3v) is 5.84. The first kappa shape index (κ1) is 16.6. The highest BCUT2D eigenvalue weighted by Crippen LogP contribution is 2.36. The van der Waals surface area contributed by atoms with E-state index in [0.29, 0.717) is 25.2 Å². The van der Waals surface area contributed by atoms with Crippen molar-refractivity contribution in [1.82, 2.24) is 9.88 Å². The number of amides is 2. The molecule has 3 aliphatic rings. The minimum absolute atomic E-state index is 0.0388. The van der Waals surface area contributed by atoms with Crippen LogP contribution in [-0.4, -0.2) is 54.8 Å². The molecule has 1 aromatic heterocycles. The van der Waals surface area contributed by atoms with E-state index in [1.54, 1.807) is 6.20 Å². The Kier molecular flexibility index (Phi) is 5.06. The first-order valence-electron chi connectivity index (χ1n) is 9.68. The van der Waals surface area contributed by atoms with Crippen molar-refractivity contribution in [3.8, 4) is 0 Å². The summed E-state index contributed by atoms with van der Waals surface area (Å²) in [7, 11) is 0. The number of rotatable bonds is 3. The Hall–Kier alpha value is -1.82. The molecule has 1 aromatic rings. The van der Waals surface area contributed by atoms with Crippen LogP contribution in [0.15, 0.2) is 18.3 Å². The van der Waals surface area contributed by atoms with E-state index in [1.165, 1.54) is 25.7 Å². The Balaban J connectivity index is 1.47.